The summed E-state index contributed by atoms with van der Waals surface area (Å²) in [6.07, 6.45) is 1.10. The molecule has 0 bridgehead atoms. The Morgan fingerprint density at radius 2 is 1.89 bits per heavy atom. The maximum Gasteiger partial charge on any atom is 0.344 e. The van der Waals surface area contributed by atoms with Gasteiger partial charge in [-0.2, -0.15) is 0 Å². The molecule has 1 N–H and O–H groups in total. The molecule has 0 heterocycles. The Balaban J connectivity index is 0. The third kappa shape index (κ3) is 10.7. The zero-order valence-electron chi connectivity index (χ0n) is 9.98. The quantitative estimate of drug-likeness (QED) is 0.258. The second-order valence-electron chi connectivity index (χ2n) is 2.56. The summed E-state index contributed by atoms with van der Waals surface area (Å²) in [6, 6.07) is 0. The average Bonchev–Trinajstić information content (AvgIpc) is 2.35. The van der Waals surface area contributed by atoms with Crippen molar-refractivity contribution in [1.82, 2.24) is 0 Å². The molecule has 0 atom stereocenters. The number of carbonyl (C=O) groups is 3. The summed E-state index contributed by atoms with van der Waals surface area (Å²) in [6.45, 7) is 8.20. The predicted molar refractivity (Wildman–Crippen MR) is 65.3 cm³/mol. The number of rotatable bonds is 6. The van der Waals surface area contributed by atoms with Gasteiger partial charge in [-0.25, -0.2) is 14.4 Å². The molecule has 0 rings (SSSR count). The zero-order valence-corrected chi connectivity index (χ0v) is 10.7. The van der Waals surface area contributed by atoms with Crippen molar-refractivity contribution in [1.29, 1.82) is 0 Å². The molecule has 0 aromatic heterocycles. The van der Waals surface area contributed by atoms with Gasteiger partial charge in [-0.05, 0) is 6.92 Å². The second-order valence-corrected chi connectivity index (χ2v) is 2.94. The smallest absolute Gasteiger partial charge is 0.344 e. The molecule has 18 heavy (non-hydrogen) atoms. The molecular weight excluding hydrogens is 264 g/mol. The number of hydrogen-bond donors (Lipinski definition) is 1. The van der Waals surface area contributed by atoms with Gasteiger partial charge in [0, 0.05) is 6.08 Å². The van der Waals surface area contributed by atoms with E-state index in [1.807, 2.05) is 0 Å². The van der Waals surface area contributed by atoms with Crippen LogP contribution in [0.2, 0.25) is 0 Å². The summed E-state index contributed by atoms with van der Waals surface area (Å²) < 4.78 is 8.80. The number of carboxylic acid groups (broad SMARTS) is 1. The molecule has 0 aliphatic rings. The first-order valence-corrected chi connectivity index (χ1v) is 5.38. The fourth-order valence-electron chi connectivity index (χ4n) is 0.504. The van der Waals surface area contributed by atoms with Crippen molar-refractivity contribution in [2.45, 2.75) is 6.92 Å². The molecule has 0 saturated carbocycles. The number of carbonyl (C=O) groups excluding carboxylic acids is 2. The van der Waals surface area contributed by atoms with Crippen molar-refractivity contribution in [3.8, 4) is 0 Å². The topological polar surface area (TPSA) is 89.9 Å². The fraction of sp³-hybridized carbons (Fsp3) is 0.364. The van der Waals surface area contributed by atoms with Crippen molar-refractivity contribution in [3.63, 3.8) is 0 Å². The van der Waals surface area contributed by atoms with Gasteiger partial charge in [0.1, 0.15) is 12.2 Å². The standard InChI is InChI=1S/C6H8O4.C5H7ClO2/c1-3-10-6(9)4(2)5(7)8;1-2-5(7)8-4-3-6/h2-3H2,1H3,(H,7,8);2H,1,3-4H2. The minimum atomic E-state index is -1.35. The fourth-order valence-corrected chi connectivity index (χ4v) is 0.581. The molecule has 0 unspecified atom stereocenters. The Morgan fingerprint density at radius 1 is 1.33 bits per heavy atom. The lowest BCUT2D eigenvalue weighted by Gasteiger charge is -1.98. The Labute approximate surface area is 110 Å². The maximum absolute atomic E-state index is 10.5. The average molecular weight is 279 g/mol. The SMILES string of the molecule is C=C(C(=O)O)C(=O)OCC.C=CC(=O)OCCCl. The Bertz CT molecular complexity index is 323. The summed E-state index contributed by atoms with van der Waals surface area (Å²) >= 11 is 5.19. The van der Waals surface area contributed by atoms with Crippen molar-refractivity contribution in [2.24, 2.45) is 0 Å². The molecule has 0 aromatic rings. The van der Waals surface area contributed by atoms with Gasteiger partial charge in [-0.1, -0.05) is 13.2 Å². The van der Waals surface area contributed by atoms with Gasteiger partial charge >= 0.3 is 17.9 Å². The van der Waals surface area contributed by atoms with Crippen LogP contribution in [0, 0.1) is 0 Å². The van der Waals surface area contributed by atoms with Crippen molar-refractivity contribution < 1.29 is 29.0 Å². The molecule has 0 saturated heterocycles. The van der Waals surface area contributed by atoms with E-state index < -0.39 is 23.5 Å². The van der Waals surface area contributed by atoms with Crippen LogP contribution in [-0.4, -0.2) is 42.1 Å². The molecule has 0 aromatic carbocycles. The monoisotopic (exact) mass is 278 g/mol. The molecule has 0 spiro atoms. The number of halogens is 1. The van der Waals surface area contributed by atoms with Gasteiger partial charge in [0.15, 0.2) is 0 Å². The second kappa shape index (κ2) is 11.7. The van der Waals surface area contributed by atoms with E-state index in [0.717, 1.165) is 6.08 Å². The van der Waals surface area contributed by atoms with Gasteiger partial charge in [0.25, 0.3) is 0 Å². The molecule has 0 fully saturated rings. The highest BCUT2D eigenvalue weighted by atomic mass is 35.5. The van der Waals surface area contributed by atoms with Crippen LogP contribution < -0.4 is 0 Å². The first-order chi connectivity index (χ1) is 8.40. The van der Waals surface area contributed by atoms with Gasteiger partial charge in [0.2, 0.25) is 0 Å². The summed E-state index contributed by atoms with van der Waals surface area (Å²) in [4.78, 5) is 30.7. The normalized spacial score (nSPS) is 8.33. The van der Waals surface area contributed by atoms with Crippen molar-refractivity contribution in [2.75, 3.05) is 19.1 Å². The van der Waals surface area contributed by atoms with Crippen LogP contribution in [-0.2, 0) is 23.9 Å². The van der Waals surface area contributed by atoms with Gasteiger partial charge in [-0.3, -0.25) is 0 Å². The lowest BCUT2D eigenvalue weighted by Crippen LogP contribution is -2.13. The first kappa shape index (κ1) is 18.5. The summed E-state index contributed by atoms with van der Waals surface area (Å²) in [5, 5.41) is 8.18. The predicted octanol–water partition coefficient (Wildman–Crippen LogP) is 1.14. The lowest BCUT2D eigenvalue weighted by molar-refractivity contribution is -0.144. The molecule has 0 amide bonds. The number of aliphatic carboxylic acids is 1. The highest BCUT2D eigenvalue weighted by molar-refractivity contribution is 6.18. The molecular formula is C11H15ClO6. The third-order valence-corrected chi connectivity index (χ3v) is 1.42. The Hall–Kier alpha value is -1.82. The van der Waals surface area contributed by atoms with Gasteiger partial charge < -0.3 is 14.6 Å². The van der Waals surface area contributed by atoms with Crippen LogP contribution in [0.5, 0.6) is 0 Å². The lowest BCUT2D eigenvalue weighted by atomic mass is 10.3. The zero-order chi connectivity index (χ0) is 14.6. The van der Waals surface area contributed by atoms with E-state index in [1.165, 1.54) is 0 Å². The molecule has 7 heteroatoms. The molecule has 102 valence electrons. The molecule has 0 aliphatic heterocycles. The van der Waals surface area contributed by atoms with Crippen LogP contribution in [0.1, 0.15) is 6.92 Å². The van der Waals surface area contributed by atoms with E-state index in [9.17, 15) is 14.4 Å². The Morgan fingerprint density at radius 3 is 2.22 bits per heavy atom. The molecule has 6 nitrogen and oxygen atoms in total. The number of esters is 2. The van der Waals surface area contributed by atoms with Crippen LogP contribution in [0.3, 0.4) is 0 Å². The minimum absolute atomic E-state index is 0.158. The van der Waals surface area contributed by atoms with E-state index >= 15 is 0 Å². The van der Waals surface area contributed by atoms with Crippen molar-refractivity contribution >= 4 is 29.5 Å². The highest BCUT2D eigenvalue weighted by Crippen LogP contribution is 1.93. The van der Waals surface area contributed by atoms with E-state index in [4.69, 9.17) is 16.7 Å². The van der Waals surface area contributed by atoms with Gasteiger partial charge in [-0.15, -0.1) is 11.6 Å². The van der Waals surface area contributed by atoms with Crippen LogP contribution in [0.15, 0.2) is 24.8 Å². The van der Waals surface area contributed by atoms with Gasteiger partial charge in [0.05, 0.1) is 12.5 Å². The first-order valence-electron chi connectivity index (χ1n) is 4.85. The molecule has 0 aliphatic carbocycles. The van der Waals surface area contributed by atoms with E-state index in [-0.39, 0.29) is 13.2 Å². The largest absolute Gasteiger partial charge is 0.477 e. The molecule has 0 radical (unpaired) electrons. The highest BCUT2D eigenvalue weighted by Gasteiger charge is 2.14. The summed E-state index contributed by atoms with van der Waals surface area (Å²) in [7, 11) is 0. The summed E-state index contributed by atoms with van der Waals surface area (Å²) in [5.41, 5.74) is -0.540. The number of alkyl halides is 1. The van der Waals surface area contributed by atoms with E-state index in [0.29, 0.717) is 5.88 Å². The maximum atomic E-state index is 10.5. The minimum Gasteiger partial charge on any atom is -0.477 e. The Kier molecular flexibility index (Phi) is 12.0. The van der Waals surface area contributed by atoms with E-state index in [1.54, 1.807) is 6.92 Å². The van der Waals surface area contributed by atoms with Crippen molar-refractivity contribution in [3.05, 3.63) is 24.8 Å². The van der Waals surface area contributed by atoms with E-state index in [2.05, 4.69) is 22.6 Å². The number of carboxylic acids is 1. The number of hydrogen-bond acceptors (Lipinski definition) is 5. The third-order valence-electron chi connectivity index (χ3n) is 1.27. The van der Waals surface area contributed by atoms with Crippen LogP contribution in [0.4, 0.5) is 0 Å². The van der Waals surface area contributed by atoms with Crippen LogP contribution >= 0.6 is 11.6 Å². The van der Waals surface area contributed by atoms with Crippen LogP contribution in [0.25, 0.3) is 0 Å². The number of ether oxygens (including phenoxy) is 2. The summed E-state index contributed by atoms with van der Waals surface area (Å²) in [5.74, 6) is -2.32.